The van der Waals surface area contributed by atoms with Gasteiger partial charge in [-0.15, -0.1) is 0 Å². The first-order valence-corrected chi connectivity index (χ1v) is 11.0. The van der Waals surface area contributed by atoms with Crippen LogP contribution in [0.15, 0.2) is 16.5 Å². The lowest BCUT2D eigenvalue weighted by molar-refractivity contribution is 0.0526. The van der Waals surface area contributed by atoms with Crippen LogP contribution in [0.25, 0.3) is 11.0 Å². The molecule has 1 aromatic carbocycles. The van der Waals surface area contributed by atoms with Crippen LogP contribution in [0.4, 0.5) is 10.7 Å². The summed E-state index contributed by atoms with van der Waals surface area (Å²) >= 11 is 0. The second-order valence-corrected chi connectivity index (χ2v) is 8.88. The maximum Gasteiger partial charge on any atom is 0.407 e. The number of primary amides is 1. The number of anilines is 1. The number of hydrogen-bond acceptors (Lipinski definition) is 8. The summed E-state index contributed by atoms with van der Waals surface area (Å²) in [5.74, 6) is -0.174. The van der Waals surface area contributed by atoms with Gasteiger partial charge in [-0.05, 0) is 46.2 Å². The molecule has 0 fully saturated rings. The van der Waals surface area contributed by atoms with Gasteiger partial charge < -0.3 is 29.5 Å². The van der Waals surface area contributed by atoms with Gasteiger partial charge in [0.2, 0.25) is 17.6 Å². The zero-order valence-corrected chi connectivity index (χ0v) is 20.6. The third-order valence-electron chi connectivity index (χ3n) is 4.87. The lowest BCUT2D eigenvalue weighted by atomic mass is 10.1. The van der Waals surface area contributed by atoms with E-state index in [9.17, 15) is 14.4 Å². The first-order valence-electron chi connectivity index (χ1n) is 11.0. The van der Waals surface area contributed by atoms with E-state index in [0.29, 0.717) is 47.9 Å². The standard InChI is InChI=1S/C23H30N6O6/c1-12-18(34-13(2)26-12)20(31)28-21-27-15-10-14(19(24)30)11-16(33-6)17(15)29(21)9-7-8-25-22(32)35-23(3,4)5/h10-11H,7-9H2,1-6H3,(H2,24,30)(H,25,32)(H,27,28,31). The molecule has 0 aliphatic heterocycles. The molecule has 35 heavy (non-hydrogen) atoms. The number of rotatable bonds is 8. The van der Waals surface area contributed by atoms with Crippen LogP contribution in [0, 0.1) is 13.8 Å². The Balaban J connectivity index is 1.91. The van der Waals surface area contributed by atoms with Gasteiger partial charge >= 0.3 is 6.09 Å². The predicted molar refractivity (Wildman–Crippen MR) is 128 cm³/mol. The molecule has 4 N–H and O–H groups in total. The summed E-state index contributed by atoms with van der Waals surface area (Å²) < 4.78 is 17.9. The Bertz CT molecular complexity index is 1270. The SMILES string of the molecule is COc1cc(C(N)=O)cc2nc(NC(=O)c3oc(C)nc3C)n(CCCNC(=O)OC(C)(C)C)c12. The molecular weight excluding hydrogens is 456 g/mol. The Labute approximate surface area is 202 Å². The van der Waals surface area contributed by atoms with E-state index in [2.05, 4.69) is 20.6 Å². The molecule has 3 rings (SSSR count). The maximum absolute atomic E-state index is 12.9. The van der Waals surface area contributed by atoms with Gasteiger partial charge in [0.1, 0.15) is 16.9 Å². The highest BCUT2D eigenvalue weighted by molar-refractivity contribution is 6.04. The molecule has 12 nitrogen and oxygen atoms in total. The van der Waals surface area contributed by atoms with E-state index >= 15 is 0 Å². The highest BCUT2D eigenvalue weighted by atomic mass is 16.6. The van der Waals surface area contributed by atoms with Crippen molar-refractivity contribution >= 4 is 34.9 Å². The van der Waals surface area contributed by atoms with E-state index in [1.54, 1.807) is 39.2 Å². The molecule has 0 saturated carbocycles. The molecule has 0 radical (unpaired) electrons. The summed E-state index contributed by atoms with van der Waals surface area (Å²) in [5.41, 5.74) is 6.45. The van der Waals surface area contributed by atoms with Crippen molar-refractivity contribution in [1.82, 2.24) is 19.9 Å². The zero-order chi connectivity index (χ0) is 25.9. The largest absolute Gasteiger partial charge is 0.494 e. The number of hydrogen-bond donors (Lipinski definition) is 3. The van der Waals surface area contributed by atoms with Gasteiger partial charge in [0.15, 0.2) is 5.89 Å². The molecule has 188 valence electrons. The second-order valence-electron chi connectivity index (χ2n) is 8.88. The van der Waals surface area contributed by atoms with Crippen molar-refractivity contribution in [2.45, 2.75) is 53.2 Å². The highest BCUT2D eigenvalue weighted by Gasteiger charge is 2.22. The third-order valence-corrected chi connectivity index (χ3v) is 4.87. The van der Waals surface area contributed by atoms with Gasteiger partial charge in [0.25, 0.3) is 5.91 Å². The normalized spacial score (nSPS) is 11.4. The molecule has 12 heteroatoms. The molecule has 0 atom stereocenters. The van der Waals surface area contributed by atoms with E-state index in [1.165, 1.54) is 19.2 Å². The van der Waals surface area contributed by atoms with E-state index in [-0.39, 0.29) is 17.3 Å². The minimum Gasteiger partial charge on any atom is -0.494 e. The lowest BCUT2D eigenvalue weighted by Crippen LogP contribution is -2.33. The maximum atomic E-state index is 12.9. The molecule has 3 aromatic rings. The van der Waals surface area contributed by atoms with E-state index < -0.39 is 23.5 Å². The quantitative estimate of drug-likeness (QED) is 0.409. The molecule has 0 saturated heterocycles. The first-order chi connectivity index (χ1) is 16.4. The fourth-order valence-electron chi connectivity index (χ4n) is 3.48. The van der Waals surface area contributed by atoms with Crippen LogP contribution in [-0.4, -0.2) is 51.7 Å². The lowest BCUT2D eigenvalue weighted by Gasteiger charge is -2.19. The molecule has 0 bridgehead atoms. The van der Waals surface area contributed by atoms with Crippen molar-refractivity contribution in [2.75, 3.05) is 19.0 Å². The van der Waals surface area contributed by atoms with Crippen LogP contribution in [0.5, 0.6) is 5.75 Å². The molecule has 2 aromatic heterocycles. The third kappa shape index (κ3) is 6.08. The summed E-state index contributed by atoms with van der Waals surface area (Å²) in [4.78, 5) is 45.2. The first kappa shape index (κ1) is 25.5. The zero-order valence-electron chi connectivity index (χ0n) is 20.6. The summed E-state index contributed by atoms with van der Waals surface area (Å²) in [6.07, 6.45) is -0.0456. The number of fused-ring (bicyclic) bond motifs is 1. The summed E-state index contributed by atoms with van der Waals surface area (Å²) in [6.45, 7) is 9.31. The topological polar surface area (TPSA) is 164 Å². The molecule has 3 amide bonds. The van der Waals surface area contributed by atoms with Gasteiger partial charge in [-0.2, -0.15) is 0 Å². The smallest absolute Gasteiger partial charge is 0.407 e. The van der Waals surface area contributed by atoms with E-state index in [4.69, 9.17) is 19.6 Å². The van der Waals surface area contributed by atoms with Crippen molar-refractivity contribution in [1.29, 1.82) is 0 Å². The van der Waals surface area contributed by atoms with Crippen molar-refractivity contribution in [3.8, 4) is 5.75 Å². The molecule has 2 heterocycles. The number of carbonyl (C=O) groups is 3. The van der Waals surface area contributed by atoms with Gasteiger partial charge in [0, 0.05) is 25.6 Å². The fourth-order valence-corrected chi connectivity index (χ4v) is 3.48. The van der Waals surface area contributed by atoms with Gasteiger partial charge in [-0.3, -0.25) is 14.9 Å². The van der Waals surface area contributed by atoms with Crippen molar-refractivity contribution in [3.05, 3.63) is 35.0 Å². The Hall–Kier alpha value is -4.09. The minimum absolute atomic E-state index is 0.0671. The highest BCUT2D eigenvalue weighted by Crippen LogP contribution is 2.31. The van der Waals surface area contributed by atoms with Crippen molar-refractivity contribution in [3.63, 3.8) is 0 Å². The van der Waals surface area contributed by atoms with E-state index in [1.807, 2.05) is 0 Å². The molecule has 0 aliphatic rings. The van der Waals surface area contributed by atoms with Gasteiger partial charge in [0.05, 0.1) is 18.3 Å². The number of nitrogens with zero attached hydrogens (tertiary/aromatic N) is 3. The van der Waals surface area contributed by atoms with Crippen molar-refractivity contribution < 1.29 is 28.3 Å². The molecular formula is C23H30N6O6. The van der Waals surface area contributed by atoms with Crippen molar-refractivity contribution in [2.24, 2.45) is 5.73 Å². The molecule has 0 aliphatic carbocycles. The number of alkyl carbamates (subject to hydrolysis) is 1. The average Bonchev–Trinajstić information content (AvgIpc) is 3.27. The fraction of sp³-hybridized carbons (Fsp3) is 0.435. The number of imidazole rings is 1. The Morgan fingerprint density at radius 1 is 1.17 bits per heavy atom. The Kier molecular flexibility index (Phi) is 7.32. The van der Waals surface area contributed by atoms with Crippen LogP contribution in [-0.2, 0) is 11.3 Å². The monoisotopic (exact) mass is 486 g/mol. The molecule has 0 unspecified atom stereocenters. The van der Waals surface area contributed by atoms with E-state index in [0.717, 1.165) is 0 Å². The number of oxazole rings is 1. The number of benzene rings is 1. The Morgan fingerprint density at radius 3 is 2.46 bits per heavy atom. The number of methoxy groups -OCH3 is 1. The van der Waals surface area contributed by atoms with Gasteiger partial charge in [-0.25, -0.2) is 14.8 Å². The van der Waals surface area contributed by atoms with Crippen LogP contribution >= 0.6 is 0 Å². The van der Waals surface area contributed by atoms with Crippen LogP contribution < -0.4 is 21.1 Å². The second kappa shape index (κ2) is 10.0. The number of aromatic nitrogens is 3. The average molecular weight is 487 g/mol. The summed E-state index contributed by atoms with van der Waals surface area (Å²) in [5, 5.41) is 5.45. The van der Waals surface area contributed by atoms with Crippen LogP contribution in [0.2, 0.25) is 0 Å². The van der Waals surface area contributed by atoms with Crippen LogP contribution in [0.1, 0.15) is 59.7 Å². The summed E-state index contributed by atoms with van der Waals surface area (Å²) in [7, 11) is 1.46. The summed E-state index contributed by atoms with van der Waals surface area (Å²) in [6, 6.07) is 3.03. The number of nitrogens with one attached hydrogen (secondary N) is 2. The Morgan fingerprint density at radius 2 is 1.89 bits per heavy atom. The number of aryl methyl sites for hydroxylation is 3. The number of nitrogens with two attached hydrogens (primary N) is 1. The predicted octanol–water partition coefficient (Wildman–Crippen LogP) is 2.92. The molecule has 0 spiro atoms. The van der Waals surface area contributed by atoms with Gasteiger partial charge in [-0.1, -0.05) is 0 Å². The van der Waals surface area contributed by atoms with Crippen LogP contribution in [0.3, 0.4) is 0 Å². The minimum atomic E-state index is -0.639. The number of carbonyl (C=O) groups excluding carboxylic acids is 3. The number of ether oxygens (including phenoxy) is 2. The number of amides is 3.